The van der Waals surface area contributed by atoms with Gasteiger partial charge in [-0.1, -0.05) is 19.1 Å². The molecular weight excluding hydrogens is 264 g/mol. The first kappa shape index (κ1) is 16.1. The second-order valence-corrected chi connectivity index (χ2v) is 5.31. The fourth-order valence-corrected chi connectivity index (χ4v) is 1.32. The topological polar surface area (TPSA) is 117 Å². The molecule has 0 spiro atoms. The summed E-state index contributed by atoms with van der Waals surface area (Å²) in [7, 11) is 0. The molecule has 8 nitrogen and oxygen atoms in total. The highest BCUT2D eigenvalue weighted by molar-refractivity contribution is 5.92. The Hall–Kier alpha value is -1.96. The monoisotopic (exact) mass is 284 g/mol. The van der Waals surface area contributed by atoms with E-state index in [1.165, 1.54) is 6.20 Å². The number of carboxylic acid groups (broad SMARTS) is 1. The van der Waals surface area contributed by atoms with Crippen molar-refractivity contribution in [2.45, 2.75) is 39.3 Å². The number of amides is 1. The average molecular weight is 284 g/mol. The molecule has 1 heterocycles. The molecule has 0 saturated heterocycles. The first-order valence-electron chi connectivity index (χ1n) is 6.36. The summed E-state index contributed by atoms with van der Waals surface area (Å²) in [6.45, 7) is 5.52. The number of aromatic nitrogens is 3. The third-order valence-electron chi connectivity index (χ3n) is 2.76. The number of nitrogens with zero attached hydrogens (tertiary/aromatic N) is 3. The van der Waals surface area contributed by atoms with Crippen molar-refractivity contribution in [3.8, 4) is 0 Å². The summed E-state index contributed by atoms with van der Waals surface area (Å²) in [6.07, 6.45) is 2.41. The molecule has 1 atom stereocenters. The van der Waals surface area contributed by atoms with E-state index in [-0.39, 0.29) is 5.69 Å². The van der Waals surface area contributed by atoms with Crippen molar-refractivity contribution in [1.82, 2.24) is 20.3 Å². The van der Waals surface area contributed by atoms with E-state index in [4.69, 9.17) is 5.11 Å². The predicted molar refractivity (Wildman–Crippen MR) is 70.1 cm³/mol. The van der Waals surface area contributed by atoms with Crippen molar-refractivity contribution in [2.24, 2.45) is 5.92 Å². The minimum absolute atomic E-state index is 0.0925. The molecule has 0 aliphatic heterocycles. The minimum Gasteiger partial charge on any atom is -0.479 e. The second kappa shape index (κ2) is 6.47. The Labute approximate surface area is 116 Å². The molecule has 0 radical (unpaired) electrons. The molecule has 112 valence electrons. The number of hydrogen-bond acceptors (Lipinski definition) is 5. The SMILES string of the molecule is CC(C)CCn1cc(C(=O)NCC(C)(O)C(=O)O)nn1. The Morgan fingerprint density at radius 1 is 1.50 bits per heavy atom. The first-order chi connectivity index (χ1) is 9.22. The number of rotatable bonds is 7. The Morgan fingerprint density at radius 2 is 2.15 bits per heavy atom. The van der Waals surface area contributed by atoms with Crippen molar-refractivity contribution < 1.29 is 19.8 Å². The van der Waals surface area contributed by atoms with Crippen molar-refractivity contribution in [1.29, 1.82) is 0 Å². The predicted octanol–water partition coefficient (Wildman–Crippen LogP) is -0.110. The van der Waals surface area contributed by atoms with Crippen molar-refractivity contribution in [2.75, 3.05) is 6.54 Å². The van der Waals surface area contributed by atoms with Gasteiger partial charge in [0.25, 0.3) is 5.91 Å². The number of nitrogens with one attached hydrogen (secondary N) is 1. The van der Waals surface area contributed by atoms with E-state index in [1.807, 2.05) is 0 Å². The molecule has 1 amide bonds. The zero-order valence-corrected chi connectivity index (χ0v) is 11.8. The highest BCUT2D eigenvalue weighted by Crippen LogP contribution is 2.04. The summed E-state index contributed by atoms with van der Waals surface area (Å²) in [5, 5.41) is 28.0. The van der Waals surface area contributed by atoms with E-state index in [2.05, 4.69) is 29.5 Å². The van der Waals surface area contributed by atoms with Gasteiger partial charge >= 0.3 is 5.97 Å². The van der Waals surface area contributed by atoms with Crippen molar-refractivity contribution >= 4 is 11.9 Å². The van der Waals surface area contributed by atoms with Crippen LogP contribution >= 0.6 is 0 Å². The lowest BCUT2D eigenvalue weighted by molar-refractivity contribution is -0.155. The van der Waals surface area contributed by atoms with Crippen LogP contribution in [0.5, 0.6) is 0 Å². The van der Waals surface area contributed by atoms with Crippen LogP contribution in [-0.2, 0) is 11.3 Å². The number of carbonyl (C=O) groups is 2. The zero-order chi connectivity index (χ0) is 15.3. The summed E-state index contributed by atoms with van der Waals surface area (Å²) >= 11 is 0. The van der Waals surface area contributed by atoms with Crippen LogP contribution < -0.4 is 5.32 Å². The minimum atomic E-state index is -2.01. The number of aliphatic hydroxyl groups is 1. The fraction of sp³-hybridized carbons (Fsp3) is 0.667. The fourth-order valence-electron chi connectivity index (χ4n) is 1.32. The Morgan fingerprint density at radius 3 is 2.70 bits per heavy atom. The van der Waals surface area contributed by atoms with E-state index >= 15 is 0 Å². The molecule has 1 aromatic heterocycles. The van der Waals surface area contributed by atoms with Crippen LogP contribution in [0, 0.1) is 5.92 Å². The molecule has 3 N–H and O–H groups in total. The molecule has 0 aliphatic carbocycles. The standard InChI is InChI=1S/C12H20N4O4/c1-8(2)4-5-16-6-9(14-15-16)10(17)13-7-12(3,20)11(18)19/h6,8,20H,4-5,7H2,1-3H3,(H,13,17)(H,18,19). The van der Waals surface area contributed by atoms with Crippen LogP contribution in [0.15, 0.2) is 6.20 Å². The summed E-state index contributed by atoms with van der Waals surface area (Å²) < 4.78 is 1.56. The molecular formula is C12H20N4O4. The van der Waals surface area contributed by atoms with Gasteiger partial charge in [0.15, 0.2) is 11.3 Å². The van der Waals surface area contributed by atoms with Crippen molar-refractivity contribution in [3.63, 3.8) is 0 Å². The Bertz CT molecular complexity index is 482. The number of aliphatic carboxylic acids is 1. The van der Waals surface area contributed by atoms with E-state index in [1.54, 1.807) is 4.68 Å². The summed E-state index contributed by atoms with van der Waals surface area (Å²) in [5.41, 5.74) is -1.92. The van der Waals surface area contributed by atoms with Gasteiger partial charge in [-0.15, -0.1) is 5.10 Å². The third-order valence-corrected chi connectivity index (χ3v) is 2.76. The van der Waals surface area contributed by atoms with E-state index in [0.29, 0.717) is 12.5 Å². The molecule has 1 rings (SSSR count). The smallest absolute Gasteiger partial charge is 0.337 e. The third kappa shape index (κ3) is 4.61. The second-order valence-electron chi connectivity index (χ2n) is 5.31. The van der Waals surface area contributed by atoms with Crippen LogP contribution in [0.2, 0.25) is 0 Å². The molecule has 8 heteroatoms. The van der Waals surface area contributed by atoms with Gasteiger partial charge < -0.3 is 15.5 Å². The molecule has 1 unspecified atom stereocenters. The summed E-state index contributed by atoms with van der Waals surface area (Å²) in [5.74, 6) is -1.46. The number of hydrogen-bond donors (Lipinski definition) is 3. The van der Waals surface area contributed by atoms with Gasteiger partial charge in [0.2, 0.25) is 0 Å². The lowest BCUT2D eigenvalue weighted by atomic mass is 10.1. The molecule has 0 bridgehead atoms. The maximum Gasteiger partial charge on any atom is 0.337 e. The van der Waals surface area contributed by atoms with E-state index in [9.17, 15) is 14.7 Å². The maximum absolute atomic E-state index is 11.7. The van der Waals surface area contributed by atoms with Gasteiger partial charge in [-0.05, 0) is 19.3 Å². The molecule has 0 fully saturated rings. The molecule has 1 aromatic rings. The van der Waals surface area contributed by atoms with E-state index < -0.39 is 24.0 Å². The molecule has 0 saturated carbocycles. The number of aryl methyl sites for hydroxylation is 1. The van der Waals surface area contributed by atoms with Gasteiger partial charge in [0, 0.05) is 6.54 Å². The van der Waals surface area contributed by atoms with Crippen LogP contribution in [0.1, 0.15) is 37.7 Å². The van der Waals surface area contributed by atoms with Crippen LogP contribution in [0.25, 0.3) is 0 Å². The van der Waals surface area contributed by atoms with Gasteiger partial charge in [-0.25, -0.2) is 4.79 Å². The number of carbonyl (C=O) groups excluding carboxylic acids is 1. The van der Waals surface area contributed by atoms with E-state index in [0.717, 1.165) is 13.3 Å². The lowest BCUT2D eigenvalue weighted by Crippen LogP contribution is -2.46. The highest BCUT2D eigenvalue weighted by atomic mass is 16.4. The molecule has 20 heavy (non-hydrogen) atoms. The van der Waals surface area contributed by atoms with Gasteiger partial charge in [-0.2, -0.15) is 0 Å². The van der Waals surface area contributed by atoms with Gasteiger partial charge in [-0.3, -0.25) is 9.48 Å². The van der Waals surface area contributed by atoms with Gasteiger partial charge in [0.1, 0.15) is 0 Å². The first-order valence-corrected chi connectivity index (χ1v) is 6.36. The number of carboxylic acids is 1. The zero-order valence-electron chi connectivity index (χ0n) is 11.8. The quantitative estimate of drug-likeness (QED) is 0.643. The van der Waals surface area contributed by atoms with Crippen LogP contribution in [0.4, 0.5) is 0 Å². The maximum atomic E-state index is 11.7. The van der Waals surface area contributed by atoms with Crippen LogP contribution in [0.3, 0.4) is 0 Å². The summed E-state index contributed by atoms with van der Waals surface area (Å²) in [6, 6.07) is 0. The molecule has 0 aliphatic rings. The average Bonchev–Trinajstić information content (AvgIpc) is 2.82. The van der Waals surface area contributed by atoms with Crippen LogP contribution in [-0.4, -0.2) is 49.2 Å². The summed E-state index contributed by atoms with van der Waals surface area (Å²) in [4.78, 5) is 22.4. The van der Waals surface area contributed by atoms with Crippen molar-refractivity contribution in [3.05, 3.63) is 11.9 Å². The Kier molecular flexibility index (Phi) is 5.20. The normalized spacial score (nSPS) is 14.1. The van der Waals surface area contributed by atoms with Gasteiger partial charge in [0.05, 0.1) is 12.7 Å². The Balaban J connectivity index is 2.54. The highest BCUT2D eigenvalue weighted by Gasteiger charge is 2.30. The lowest BCUT2D eigenvalue weighted by Gasteiger charge is -2.17. The molecule has 0 aromatic carbocycles. The largest absolute Gasteiger partial charge is 0.479 e.